The van der Waals surface area contributed by atoms with E-state index in [-0.39, 0.29) is 11.5 Å². The molecule has 1 aliphatic carbocycles. The van der Waals surface area contributed by atoms with Gasteiger partial charge in [0.05, 0.1) is 5.41 Å². The lowest BCUT2D eigenvalue weighted by atomic mass is 9.96. The van der Waals surface area contributed by atoms with E-state index in [9.17, 15) is 0 Å². The summed E-state index contributed by atoms with van der Waals surface area (Å²) in [5, 5.41) is 4.13. The van der Waals surface area contributed by atoms with Crippen LogP contribution in [0.15, 0.2) is 34.9 Å². The first-order valence-electron chi connectivity index (χ1n) is 7.31. The van der Waals surface area contributed by atoms with Gasteiger partial charge in [-0.3, -0.25) is 0 Å². The Morgan fingerprint density at radius 2 is 2.00 bits per heavy atom. The SMILES string of the molecule is CCOC(CC)c1noc(C2(c3ccccc3)CC2)n1. The van der Waals surface area contributed by atoms with Crippen molar-refractivity contribution in [1.82, 2.24) is 10.1 Å². The number of hydrogen-bond donors (Lipinski definition) is 0. The van der Waals surface area contributed by atoms with E-state index in [0.717, 1.165) is 25.2 Å². The predicted molar refractivity (Wildman–Crippen MR) is 75.4 cm³/mol. The van der Waals surface area contributed by atoms with E-state index < -0.39 is 0 Å². The molecule has 0 aliphatic heterocycles. The first-order chi connectivity index (χ1) is 9.80. The molecule has 0 amide bonds. The third-order valence-corrected chi connectivity index (χ3v) is 3.95. The highest BCUT2D eigenvalue weighted by molar-refractivity contribution is 5.38. The van der Waals surface area contributed by atoms with Gasteiger partial charge in [0.15, 0.2) is 0 Å². The molecule has 2 aromatic rings. The number of hydrogen-bond acceptors (Lipinski definition) is 4. The molecular weight excluding hydrogens is 252 g/mol. The Hall–Kier alpha value is -1.68. The minimum Gasteiger partial charge on any atom is -0.370 e. The molecule has 1 atom stereocenters. The van der Waals surface area contributed by atoms with Crippen LogP contribution in [0, 0.1) is 0 Å². The molecule has 0 radical (unpaired) electrons. The van der Waals surface area contributed by atoms with Crippen LogP contribution in [0.3, 0.4) is 0 Å². The van der Waals surface area contributed by atoms with Crippen molar-refractivity contribution < 1.29 is 9.26 Å². The zero-order valence-electron chi connectivity index (χ0n) is 12.0. The molecule has 20 heavy (non-hydrogen) atoms. The maximum atomic E-state index is 5.64. The van der Waals surface area contributed by atoms with Crippen molar-refractivity contribution in [1.29, 1.82) is 0 Å². The molecule has 1 heterocycles. The lowest BCUT2D eigenvalue weighted by Gasteiger charge is -2.11. The van der Waals surface area contributed by atoms with Crippen molar-refractivity contribution in [3.05, 3.63) is 47.6 Å². The molecule has 3 rings (SSSR count). The summed E-state index contributed by atoms with van der Waals surface area (Å²) in [7, 11) is 0. The molecule has 1 aromatic carbocycles. The van der Waals surface area contributed by atoms with Gasteiger partial charge in [0, 0.05) is 6.61 Å². The second-order valence-electron chi connectivity index (χ2n) is 5.26. The van der Waals surface area contributed by atoms with Crippen LogP contribution in [0.5, 0.6) is 0 Å². The van der Waals surface area contributed by atoms with Crippen LogP contribution in [0.4, 0.5) is 0 Å². The van der Waals surface area contributed by atoms with Gasteiger partial charge >= 0.3 is 0 Å². The van der Waals surface area contributed by atoms with E-state index >= 15 is 0 Å². The van der Waals surface area contributed by atoms with Crippen LogP contribution in [-0.2, 0) is 10.2 Å². The summed E-state index contributed by atoms with van der Waals surface area (Å²) in [6, 6.07) is 10.4. The van der Waals surface area contributed by atoms with Crippen molar-refractivity contribution in [2.75, 3.05) is 6.61 Å². The average molecular weight is 272 g/mol. The monoisotopic (exact) mass is 272 g/mol. The Morgan fingerprint density at radius 3 is 2.60 bits per heavy atom. The first-order valence-corrected chi connectivity index (χ1v) is 7.31. The van der Waals surface area contributed by atoms with Crippen LogP contribution in [0.2, 0.25) is 0 Å². The highest BCUT2D eigenvalue weighted by Crippen LogP contribution is 2.52. The van der Waals surface area contributed by atoms with Gasteiger partial charge in [0.25, 0.3) is 0 Å². The van der Waals surface area contributed by atoms with Crippen molar-refractivity contribution in [2.24, 2.45) is 0 Å². The van der Waals surface area contributed by atoms with Gasteiger partial charge in [-0.15, -0.1) is 0 Å². The number of benzene rings is 1. The first kappa shape index (κ1) is 13.3. The zero-order chi connectivity index (χ0) is 14.0. The third kappa shape index (κ3) is 2.24. The van der Waals surface area contributed by atoms with E-state index in [1.165, 1.54) is 5.56 Å². The van der Waals surface area contributed by atoms with Crippen LogP contribution in [0.1, 0.15) is 56.5 Å². The second-order valence-corrected chi connectivity index (χ2v) is 5.26. The third-order valence-electron chi connectivity index (χ3n) is 3.95. The fourth-order valence-corrected chi connectivity index (χ4v) is 2.64. The standard InChI is InChI=1S/C16H20N2O2/c1-3-13(19-4-2)14-17-15(20-18-14)16(10-11-16)12-8-6-5-7-9-12/h5-9,13H,3-4,10-11H2,1-2H3. The summed E-state index contributed by atoms with van der Waals surface area (Å²) in [5.41, 5.74) is 1.21. The topological polar surface area (TPSA) is 48.2 Å². The fourth-order valence-electron chi connectivity index (χ4n) is 2.64. The number of nitrogens with zero attached hydrogens (tertiary/aromatic N) is 2. The van der Waals surface area contributed by atoms with Gasteiger partial charge in [-0.1, -0.05) is 42.4 Å². The Labute approximate surface area is 119 Å². The van der Waals surface area contributed by atoms with Gasteiger partial charge < -0.3 is 9.26 Å². The molecule has 1 unspecified atom stereocenters. The van der Waals surface area contributed by atoms with Gasteiger partial charge in [-0.2, -0.15) is 4.98 Å². The normalized spacial score (nSPS) is 17.9. The molecule has 1 aromatic heterocycles. The summed E-state index contributed by atoms with van der Waals surface area (Å²) in [6.07, 6.45) is 2.93. The van der Waals surface area contributed by atoms with Crippen LogP contribution in [0.25, 0.3) is 0 Å². The van der Waals surface area contributed by atoms with Gasteiger partial charge in [0.2, 0.25) is 11.7 Å². The van der Waals surface area contributed by atoms with Gasteiger partial charge in [-0.05, 0) is 31.7 Å². The van der Waals surface area contributed by atoms with E-state index in [1.807, 2.05) is 13.0 Å². The molecule has 0 spiro atoms. The fraction of sp³-hybridized carbons (Fsp3) is 0.500. The highest BCUT2D eigenvalue weighted by Gasteiger charge is 2.51. The van der Waals surface area contributed by atoms with Gasteiger partial charge in [0.1, 0.15) is 6.10 Å². The molecule has 106 valence electrons. The molecule has 1 aliphatic rings. The highest BCUT2D eigenvalue weighted by atomic mass is 16.5. The average Bonchev–Trinajstić information content (AvgIpc) is 3.17. The number of aromatic nitrogens is 2. The summed E-state index contributed by atoms with van der Waals surface area (Å²) in [6.45, 7) is 4.71. The van der Waals surface area contributed by atoms with Crippen molar-refractivity contribution in [3.63, 3.8) is 0 Å². The van der Waals surface area contributed by atoms with E-state index in [2.05, 4.69) is 41.3 Å². The minimum atomic E-state index is -0.0657. The summed E-state index contributed by atoms with van der Waals surface area (Å²) >= 11 is 0. The Morgan fingerprint density at radius 1 is 1.25 bits per heavy atom. The van der Waals surface area contributed by atoms with E-state index in [0.29, 0.717) is 12.4 Å². The zero-order valence-corrected chi connectivity index (χ0v) is 12.0. The smallest absolute Gasteiger partial charge is 0.237 e. The largest absolute Gasteiger partial charge is 0.370 e. The molecule has 1 saturated carbocycles. The molecule has 0 bridgehead atoms. The maximum Gasteiger partial charge on any atom is 0.237 e. The molecule has 4 nitrogen and oxygen atoms in total. The number of rotatable bonds is 6. The summed E-state index contributed by atoms with van der Waals surface area (Å²) < 4.78 is 11.2. The van der Waals surface area contributed by atoms with E-state index in [4.69, 9.17) is 9.26 Å². The van der Waals surface area contributed by atoms with Crippen molar-refractivity contribution in [2.45, 2.75) is 44.6 Å². The predicted octanol–water partition coefficient (Wildman–Crippen LogP) is 3.64. The molecular formula is C16H20N2O2. The quantitative estimate of drug-likeness (QED) is 0.805. The Bertz CT molecular complexity index is 561. The van der Waals surface area contributed by atoms with Crippen LogP contribution in [-0.4, -0.2) is 16.7 Å². The molecule has 0 saturated heterocycles. The minimum absolute atomic E-state index is 0.0585. The summed E-state index contributed by atoms with van der Waals surface area (Å²) in [4.78, 5) is 4.61. The molecule has 1 fully saturated rings. The van der Waals surface area contributed by atoms with Crippen molar-refractivity contribution in [3.8, 4) is 0 Å². The maximum absolute atomic E-state index is 5.64. The lowest BCUT2D eigenvalue weighted by Crippen LogP contribution is -2.10. The van der Waals surface area contributed by atoms with Crippen LogP contribution >= 0.6 is 0 Å². The molecule has 0 N–H and O–H groups in total. The van der Waals surface area contributed by atoms with E-state index in [1.54, 1.807) is 0 Å². The van der Waals surface area contributed by atoms with Gasteiger partial charge in [-0.25, -0.2) is 0 Å². The Kier molecular flexibility index (Phi) is 3.57. The lowest BCUT2D eigenvalue weighted by molar-refractivity contribution is 0.0518. The Balaban J connectivity index is 1.87. The number of ether oxygens (including phenoxy) is 1. The van der Waals surface area contributed by atoms with Crippen LogP contribution < -0.4 is 0 Å². The van der Waals surface area contributed by atoms with Crippen molar-refractivity contribution >= 4 is 0 Å². The second kappa shape index (κ2) is 5.37. The molecule has 4 heteroatoms. The summed E-state index contributed by atoms with van der Waals surface area (Å²) in [5.74, 6) is 1.41.